The van der Waals surface area contributed by atoms with Crippen LogP contribution in [0.25, 0.3) is 0 Å². The van der Waals surface area contributed by atoms with Crippen molar-refractivity contribution < 1.29 is 28.5 Å². The van der Waals surface area contributed by atoms with Gasteiger partial charge in [-0.25, -0.2) is 0 Å². The number of amides is 2. The third kappa shape index (κ3) is 6.60. The summed E-state index contributed by atoms with van der Waals surface area (Å²) in [5, 5.41) is 0.621. The Kier molecular flexibility index (Phi) is 8.90. The van der Waals surface area contributed by atoms with Gasteiger partial charge in [0.1, 0.15) is 17.2 Å². The van der Waals surface area contributed by atoms with Gasteiger partial charge >= 0.3 is 0 Å². The van der Waals surface area contributed by atoms with Gasteiger partial charge in [0.05, 0.1) is 32.5 Å². The zero-order valence-corrected chi connectivity index (χ0v) is 21.4. The Hall–Kier alpha value is -3.01. The molecule has 10 heteroatoms. The maximum atomic E-state index is 13.1. The second kappa shape index (κ2) is 12.3. The molecule has 0 unspecified atom stereocenters. The summed E-state index contributed by atoms with van der Waals surface area (Å²) in [5.74, 6) is 1.63. The predicted molar refractivity (Wildman–Crippen MR) is 135 cm³/mol. The summed E-state index contributed by atoms with van der Waals surface area (Å²) in [4.78, 5) is 31.6. The fourth-order valence-corrected chi connectivity index (χ4v) is 4.52. The lowest BCUT2D eigenvalue weighted by atomic mass is 10.1. The van der Waals surface area contributed by atoms with E-state index in [1.807, 2.05) is 4.90 Å². The predicted octanol–water partition coefficient (Wildman–Crippen LogP) is 2.42. The second-order valence-electron chi connectivity index (χ2n) is 8.73. The lowest BCUT2D eigenvalue weighted by Gasteiger charge is -2.39. The van der Waals surface area contributed by atoms with E-state index >= 15 is 0 Å². The minimum Gasteiger partial charge on any atom is -0.497 e. The molecule has 2 aliphatic heterocycles. The molecule has 9 nitrogen and oxygen atoms in total. The molecule has 2 saturated heterocycles. The van der Waals surface area contributed by atoms with Gasteiger partial charge in [-0.3, -0.25) is 14.5 Å². The number of ether oxygens (including phenoxy) is 4. The van der Waals surface area contributed by atoms with Crippen LogP contribution in [0.1, 0.15) is 10.4 Å². The number of halogens is 1. The summed E-state index contributed by atoms with van der Waals surface area (Å²) >= 11 is 5.89. The van der Waals surface area contributed by atoms with Crippen molar-refractivity contribution in [3.63, 3.8) is 0 Å². The van der Waals surface area contributed by atoms with Crippen LogP contribution in [0.4, 0.5) is 0 Å². The number of morpholine rings is 1. The van der Waals surface area contributed by atoms with Gasteiger partial charge in [0.2, 0.25) is 0 Å². The van der Waals surface area contributed by atoms with Crippen LogP contribution in [-0.4, -0.2) is 106 Å². The number of hydrogen-bond donors (Lipinski definition) is 0. The smallest absolute Gasteiger partial charge is 0.260 e. The van der Waals surface area contributed by atoms with Crippen molar-refractivity contribution >= 4 is 23.4 Å². The minimum absolute atomic E-state index is 0.0238. The summed E-state index contributed by atoms with van der Waals surface area (Å²) in [6.45, 7) is 4.93. The molecule has 2 fully saturated rings. The molecule has 0 saturated carbocycles. The number of nitrogens with zero attached hydrogens (tertiary/aromatic N) is 3. The number of rotatable bonds is 8. The van der Waals surface area contributed by atoms with Crippen molar-refractivity contribution in [3.05, 3.63) is 53.1 Å². The number of methoxy groups -OCH3 is 2. The molecule has 0 radical (unpaired) electrons. The Balaban J connectivity index is 1.23. The first-order valence-corrected chi connectivity index (χ1v) is 12.4. The third-order valence-electron chi connectivity index (χ3n) is 6.43. The maximum Gasteiger partial charge on any atom is 0.260 e. The van der Waals surface area contributed by atoms with Crippen LogP contribution < -0.4 is 14.2 Å². The molecule has 1 atom stereocenters. The van der Waals surface area contributed by atoms with E-state index in [1.165, 1.54) is 0 Å². The van der Waals surface area contributed by atoms with Gasteiger partial charge in [-0.2, -0.15) is 0 Å². The standard InChI is InChI=1S/C26H32ClN3O6/c1-33-21-7-8-23(24(15-21)34-2)26(32)29-11-9-28(10-12-29)16-22-17-30(13-14-35-22)25(31)18-36-20-5-3-19(27)4-6-20/h3-8,15,22H,9-14,16-18H2,1-2H3/t22-/m0/s1. The Labute approximate surface area is 216 Å². The fourth-order valence-electron chi connectivity index (χ4n) is 4.39. The van der Waals surface area contributed by atoms with Crippen molar-refractivity contribution in [2.24, 2.45) is 0 Å². The highest BCUT2D eigenvalue weighted by Gasteiger charge is 2.29. The monoisotopic (exact) mass is 517 g/mol. The van der Waals surface area contributed by atoms with Crippen LogP contribution in [0.3, 0.4) is 0 Å². The average Bonchev–Trinajstić information content (AvgIpc) is 2.92. The van der Waals surface area contributed by atoms with E-state index in [-0.39, 0.29) is 24.5 Å². The lowest BCUT2D eigenvalue weighted by Crippen LogP contribution is -2.54. The van der Waals surface area contributed by atoms with Crippen molar-refractivity contribution in [1.29, 1.82) is 0 Å². The average molecular weight is 518 g/mol. The van der Waals surface area contributed by atoms with Gasteiger partial charge in [0.25, 0.3) is 11.8 Å². The molecule has 0 aliphatic carbocycles. The maximum absolute atomic E-state index is 13.1. The zero-order valence-electron chi connectivity index (χ0n) is 20.7. The number of carbonyl (C=O) groups is 2. The molecule has 2 aromatic carbocycles. The highest BCUT2D eigenvalue weighted by Crippen LogP contribution is 2.26. The molecule has 2 aromatic rings. The highest BCUT2D eigenvalue weighted by molar-refractivity contribution is 6.30. The van der Waals surface area contributed by atoms with Gasteiger partial charge in [-0.1, -0.05) is 11.6 Å². The van der Waals surface area contributed by atoms with Gasteiger partial charge in [-0.05, 0) is 36.4 Å². The van der Waals surface area contributed by atoms with Gasteiger partial charge < -0.3 is 28.7 Å². The summed E-state index contributed by atoms with van der Waals surface area (Å²) in [6, 6.07) is 12.2. The Morgan fingerprint density at radius 3 is 2.36 bits per heavy atom. The van der Waals surface area contributed by atoms with Crippen LogP contribution in [0.2, 0.25) is 5.02 Å². The molecule has 194 valence electrons. The van der Waals surface area contributed by atoms with E-state index in [0.717, 1.165) is 13.1 Å². The molecule has 2 amide bonds. The van der Waals surface area contributed by atoms with Crippen LogP contribution in [0.5, 0.6) is 17.2 Å². The third-order valence-corrected chi connectivity index (χ3v) is 6.68. The largest absolute Gasteiger partial charge is 0.497 e. The van der Waals surface area contributed by atoms with Gasteiger partial charge in [0, 0.05) is 56.9 Å². The lowest BCUT2D eigenvalue weighted by molar-refractivity contribution is -0.141. The van der Waals surface area contributed by atoms with Crippen molar-refractivity contribution in [1.82, 2.24) is 14.7 Å². The number of carbonyl (C=O) groups excluding carboxylic acids is 2. The topological polar surface area (TPSA) is 80.8 Å². The molecular formula is C26H32ClN3O6. The molecule has 0 spiro atoms. The first kappa shape index (κ1) is 26.1. The Morgan fingerprint density at radius 1 is 0.944 bits per heavy atom. The van der Waals surface area contributed by atoms with E-state index in [9.17, 15) is 9.59 Å². The number of hydrogen-bond acceptors (Lipinski definition) is 7. The Morgan fingerprint density at radius 2 is 1.67 bits per heavy atom. The molecule has 2 heterocycles. The molecule has 0 aromatic heterocycles. The number of benzene rings is 2. The molecular weight excluding hydrogens is 486 g/mol. The molecule has 0 bridgehead atoms. The highest BCUT2D eigenvalue weighted by atomic mass is 35.5. The second-order valence-corrected chi connectivity index (χ2v) is 9.17. The van der Waals surface area contributed by atoms with Crippen molar-refractivity contribution in [3.8, 4) is 17.2 Å². The summed E-state index contributed by atoms with van der Waals surface area (Å²) in [7, 11) is 3.13. The summed E-state index contributed by atoms with van der Waals surface area (Å²) in [6.07, 6.45) is -0.0813. The minimum atomic E-state index is -0.0813. The molecule has 36 heavy (non-hydrogen) atoms. The fraction of sp³-hybridized carbons (Fsp3) is 0.462. The Bertz CT molecular complexity index is 1040. The van der Waals surface area contributed by atoms with E-state index < -0.39 is 0 Å². The normalized spacial score (nSPS) is 18.6. The SMILES string of the molecule is COc1ccc(C(=O)N2CCN(C[C@H]3CN(C(=O)COc4ccc(Cl)cc4)CCO3)CC2)c(OC)c1. The van der Waals surface area contributed by atoms with Crippen LogP contribution in [0.15, 0.2) is 42.5 Å². The molecule has 4 rings (SSSR count). The quantitative estimate of drug-likeness (QED) is 0.532. The van der Waals surface area contributed by atoms with Crippen LogP contribution in [-0.2, 0) is 9.53 Å². The summed E-state index contributed by atoms with van der Waals surface area (Å²) in [5.41, 5.74) is 0.525. The first-order valence-electron chi connectivity index (χ1n) is 12.0. The van der Waals surface area contributed by atoms with Crippen molar-refractivity contribution in [2.45, 2.75) is 6.10 Å². The molecule has 2 aliphatic rings. The van der Waals surface area contributed by atoms with Gasteiger partial charge in [-0.15, -0.1) is 0 Å². The summed E-state index contributed by atoms with van der Waals surface area (Å²) < 4.78 is 22.2. The van der Waals surface area contributed by atoms with Gasteiger partial charge in [0.15, 0.2) is 6.61 Å². The van der Waals surface area contributed by atoms with E-state index in [4.69, 9.17) is 30.5 Å². The van der Waals surface area contributed by atoms with Crippen LogP contribution in [0, 0.1) is 0 Å². The van der Waals surface area contributed by atoms with E-state index in [0.29, 0.717) is 67.2 Å². The molecule has 0 N–H and O–H groups in total. The number of piperazine rings is 1. The van der Waals surface area contributed by atoms with E-state index in [2.05, 4.69) is 4.90 Å². The first-order chi connectivity index (χ1) is 17.5. The van der Waals surface area contributed by atoms with Crippen LogP contribution >= 0.6 is 11.6 Å². The van der Waals surface area contributed by atoms with E-state index in [1.54, 1.807) is 61.6 Å². The zero-order chi connectivity index (χ0) is 25.5. The van der Waals surface area contributed by atoms with Crippen molar-refractivity contribution in [2.75, 3.05) is 73.2 Å².